The zero-order valence-corrected chi connectivity index (χ0v) is 14.1. The number of amides is 1. The smallest absolute Gasteiger partial charge is 0.258 e. The summed E-state index contributed by atoms with van der Waals surface area (Å²) in [5, 5.41) is 14.0. The Bertz CT molecular complexity index is 893. The fourth-order valence-electron chi connectivity index (χ4n) is 2.41. The molecule has 1 amide bonds. The van der Waals surface area contributed by atoms with Crippen LogP contribution in [0.1, 0.15) is 15.9 Å². The third-order valence-corrected chi connectivity index (χ3v) is 3.74. The van der Waals surface area contributed by atoms with Crippen LogP contribution in [0.3, 0.4) is 0 Å². The number of hydrogen-bond donors (Lipinski definition) is 1. The van der Waals surface area contributed by atoms with E-state index < -0.39 is 0 Å². The highest BCUT2D eigenvalue weighted by atomic mass is 16.5. The molecule has 1 aromatic heterocycles. The molecule has 8 nitrogen and oxygen atoms in total. The molecular formula is C17H17N5O3. The summed E-state index contributed by atoms with van der Waals surface area (Å²) in [4.78, 5) is 12.9. The van der Waals surface area contributed by atoms with Gasteiger partial charge in [0, 0.05) is 11.8 Å². The van der Waals surface area contributed by atoms with E-state index in [4.69, 9.17) is 9.47 Å². The molecule has 0 aliphatic heterocycles. The van der Waals surface area contributed by atoms with Crippen LogP contribution >= 0.6 is 0 Å². The van der Waals surface area contributed by atoms with Gasteiger partial charge >= 0.3 is 0 Å². The summed E-state index contributed by atoms with van der Waals surface area (Å²) in [6.45, 7) is 1.92. The van der Waals surface area contributed by atoms with Crippen molar-refractivity contribution in [3.63, 3.8) is 0 Å². The lowest BCUT2D eigenvalue weighted by Gasteiger charge is -2.15. The lowest BCUT2D eigenvalue weighted by Crippen LogP contribution is -2.16. The zero-order valence-electron chi connectivity index (χ0n) is 14.1. The molecule has 0 fully saturated rings. The summed E-state index contributed by atoms with van der Waals surface area (Å²) in [5.74, 6) is 0.607. The fraction of sp³-hybridized carbons (Fsp3) is 0.176. The Labute approximate surface area is 144 Å². The second kappa shape index (κ2) is 7.00. The van der Waals surface area contributed by atoms with Gasteiger partial charge in [-0.05, 0) is 35.0 Å². The number of benzene rings is 2. The van der Waals surface area contributed by atoms with Crippen molar-refractivity contribution in [2.45, 2.75) is 6.92 Å². The van der Waals surface area contributed by atoms with E-state index in [0.29, 0.717) is 22.7 Å². The molecule has 0 saturated heterocycles. The lowest BCUT2D eigenvalue weighted by atomic mass is 10.1. The number of methoxy groups -OCH3 is 2. The molecule has 128 valence electrons. The number of rotatable bonds is 5. The Hall–Kier alpha value is -3.42. The number of ether oxygens (including phenoxy) is 2. The van der Waals surface area contributed by atoms with Gasteiger partial charge in [0.1, 0.15) is 6.33 Å². The highest BCUT2D eigenvalue weighted by Gasteiger charge is 2.19. The number of aromatic nitrogens is 4. The standard InChI is InChI=1S/C17H17N5O3/c1-11-6-4-5-7-13(11)19-17(23)12-8-15(24-2)16(25-3)9-14(12)22-10-18-20-21-22/h4-10H,1-3H3,(H,19,23). The number of nitrogens with zero attached hydrogens (tertiary/aromatic N) is 4. The van der Waals surface area contributed by atoms with Gasteiger partial charge in [-0.1, -0.05) is 18.2 Å². The van der Waals surface area contributed by atoms with E-state index in [1.54, 1.807) is 12.1 Å². The molecule has 0 unspecified atom stereocenters. The fourth-order valence-corrected chi connectivity index (χ4v) is 2.41. The van der Waals surface area contributed by atoms with Gasteiger partial charge in [0.25, 0.3) is 5.91 Å². The SMILES string of the molecule is COc1cc(C(=O)Nc2ccccc2C)c(-n2cnnn2)cc1OC. The number of para-hydroxylation sites is 1. The number of carbonyl (C=O) groups is 1. The predicted octanol–water partition coefficient (Wildman–Crippen LogP) is 2.24. The van der Waals surface area contributed by atoms with Crippen LogP contribution in [0.4, 0.5) is 5.69 Å². The quantitative estimate of drug-likeness (QED) is 0.766. The molecule has 3 aromatic rings. The molecule has 0 radical (unpaired) electrons. The number of carbonyl (C=O) groups excluding carboxylic acids is 1. The third-order valence-electron chi connectivity index (χ3n) is 3.74. The van der Waals surface area contributed by atoms with Crippen LogP contribution in [0.25, 0.3) is 5.69 Å². The van der Waals surface area contributed by atoms with E-state index in [0.717, 1.165) is 11.3 Å². The van der Waals surface area contributed by atoms with Crippen molar-refractivity contribution in [3.05, 3.63) is 53.9 Å². The van der Waals surface area contributed by atoms with Crippen LogP contribution in [-0.2, 0) is 0 Å². The largest absolute Gasteiger partial charge is 0.493 e. The van der Waals surface area contributed by atoms with Crippen LogP contribution in [0.2, 0.25) is 0 Å². The molecule has 0 aliphatic rings. The monoisotopic (exact) mass is 339 g/mol. The average Bonchev–Trinajstić information content (AvgIpc) is 3.17. The molecule has 0 spiro atoms. The van der Waals surface area contributed by atoms with Crippen molar-refractivity contribution in [2.24, 2.45) is 0 Å². The normalized spacial score (nSPS) is 10.4. The number of hydrogen-bond acceptors (Lipinski definition) is 6. The number of anilines is 1. The number of nitrogens with one attached hydrogen (secondary N) is 1. The maximum Gasteiger partial charge on any atom is 0.258 e. The maximum atomic E-state index is 12.9. The lowest BCUT2D eigenvalue weighted by molar-refractivity contribution is 0.102. The summed E-state index contributed by atoms with van der Waals surface area (Å²) in [5.41, 5.74) is 2.52. The molecule has 0 aliphatic carbocycles. The molecule has 0 saturated carbocycles. The average molecular weight is 339 g/mol. The van der Waals surface area contributed by atoms with Crippen molar-refractivity contribution in [1.29, 1.82) is 0 Å². The molecule has 1 N–H and O–H groups in total. The predicted molar refractivity (Wildman–Crippen MR) is 91.4 cm³/mol. The van der Waals surface area contributed by atoms with Crippen LogP contribution in [0, 0.1) is 6.92 Å². The molecule has 3 rings (SSSR count). The van der Waals surface area contributed by atoms with Gasteiger partial charge in [0.15, 0.2) is 11.5 Å². The Morgan fingerprint density at radius 2 is 1.84 bits per heavy atom. The van der Waals surface area contributed by atoms with Crippen molar-refractivity contribution in [3.8, 4) is 17.2 Å². The minimum atomic E-state index is -0.305. The second-order valence-electron chi connectivity index (χ2n) is 5.25. The van der Waals surface area contributed by atoms with Gasteiger partial charge in [0.05, 0.1) is 25.5 Å². The van der Waals surface area contributed by atoms with Crippen molar-refractivity contribution >= 4 is 11.6 Å². The number of tetrazole rings is 1. The zero-order chi connectivity index (χ0) is 17.8. The van der Waals surface area contributed by atoms with Gasteiger partial charge in [-0.25, -0.2) is 0 Å². The molecule has 0 bridgehead atoms. The molecule has 8 heteroatoms. The molecule has 2 aromatic carbocycles. The molecular weight excluding hydrogens is 322 g/mol. The van der Waals surface area contributed by atoms with Gasteiger partial charge in [0.2, 0.25) is 0 Å². The minimum absolute atomic E-state index is 0.305. The van der Waals surface area contributed by atoms with Gasteiger partial charge in [-0.15, -0.1) is 5.10 Å². The summed E-state index contributed by atoms with van der Waals surface area (Å²) in [7, 11) is 3.03. The molecule has 0 atom stereocenters. The maximum absolute atomic E-state index is 12.9. The van der Waals surface area contributed by atoms with Crippen LogP contribution in [-0.4, -0.2) is 40.3 Å². The highest BCUT2D eigenvalue weighted by molar-refractivity contribution is 6.07. The summed E-state index contributed by atoms with van der Waals surface area (Å²) >= 11 is 0. The summed E-state index contributed by atoms with van der Waals surface area (Å²) in [6, 6.07) is 10.8. The Morgan fingerprint density at radius 1 is 1.12 bits per heavy atom. The number of aryl methyl sites for hydroxylation is 1. The Kier molecular flexibility index (Phi) is 4.60. The first-order valence-electron chi connectivity index (χ1n) is 7.50. The topological polar surface area (TPSA) is 91.2 Å². The first-order valence-corrected chi connectivity index (χ1v) is 7.50. The summed E-state index contributed by atoms with van der Waals surface area (Å²) in [6.07, 6.45) is 1.41. The third kappa shape index (κ3) is 3.27. The first-order chi connectivity index (χ1) is 12.1. The Balaban J connectivity index is 2.07. The van der Waals surface area contributed by atoms with Crippen LogP contribution < -0.4 is 14.8 Å². The highest BCUT2D eigenvalue weighted by Crippen LogP contribution is 2.32. The van der Waals surface area contributed by atoms with Gasteiger partial charge in [-0.3, -0.25) is 4.79 Å². The van der Waals surface area contributed by atoms with E-state index >= 15 is 0 Å². The van der Waals surface area contributed by atoms with Gasteiger partial charge in [-0.2, -0.15) is 4.68 Å². The van der Waals surface area contributed by atoms with Crippen molar-refractivity contribution in [2.75, 3.05) is 19.5 Å². The van der Waals surface area contributed by atoms with E-state index in [1.807, 2.05) is 31.2 Å². The van der Waals surface area contributed by atoms with Crippen molar-refractivity contribution in [1.82, 2.24) is 20.2 Å². The van der Waals surface area contributed by atoms with E-state index in [9.17, 15) is 4.79 Å². The van der Waals surface area contributed by atoms with Gasteiger partial charge < -0.3 is 14.8 Å². The van der Waals surface area contributed by atoms with Crippen LogP contribution in [0.5, 0.6) is 11.5 Å². The first kappa shape index (κ1) is 16.4. The van der Waals surface area contributed by atoms with E-state index in [1.165, 1.54) is 25.2 Å². The van der Waals surface area contributed by atoms with E-state index in [2.05, 4.69) is 20.8 Å². The van der Waals surface area contributed by atoms with E-state index in [-0.39, 0.29) is 5.91 Å². The minimum Gasteiger partial charge on any atom is -0.493 e. The molecule has 1 heterocycles. The second-order valence-corrected chi connectivity index (χ2v) is 5.25. The van der Waals surface area contributed by atoms with Crippen LogP contribution in [0.15, 0.2) is 42.7 Å². The molecule has 25 heavy (non-hydrogen) atoms. The van der Waals surface area contributed by atoms with Crippen molar-refractivity contribution < 1.29 is 14.3 Å². The Morgan fingerprint density at radius 3 is 2.48 bits per heavy atom. The summed E-state index contributed by atoms with van der Waals surface area (Å²) < 4.78 is 12.0.